The molecule has 0 radical (unpaired) electrons. The molecule has 0 spiro atoms. The zero-order valence-corrected chi connectivity index (χ0v) is 16.2. The van der Waals surface area contributed by atoms with Crippen LogP contribution in [0.2, 0.25) is 5.02 Å². The van der Waals surface area contributed by atoms with Gasteiger partial charge in [0.1, 0.15) is 0 Å². The first-order valence-electron chi connectivity index (χ1n) is 8.98. The normalized spacial score (nSPS) is 12.3. The molecule has 0 amide bonds. The Kier molecular flexibility index (Phi) is 6.41. The molecule has 140 valence electrons. The monoisotopic (exact) mass is 389 g/mol. The zero-order valence-electron chi connectivity index (χ0n) is 15.4. The minimum Gasteiger partial charge on any atom is -0.354 e. The Hall–Kier alpha value is -3.17. The molecule has 3 aromatic carbocycles. The van der Waals surface area contributed by atoms with Crippen molar-refractivity contribution in [3.63, 3.8) is 0 Å². The molecule has 0 bridgehead atoms. The van der Waals surface area contributed by atoms with Gasteiger partial charge in [0, 0.05) is 17.3 Å². The van der Waals surface area contributed by atoms with E-state index in [1.165, 1.54) is 6.08 Å². The molecule has 0 aliphatic rings. The van der Waals surface area contributed by atoms with Gasteiger partial charge in [0.25, 0.3) is 0 Å². The summed E-state index contributed by atoms with van der Waals surface area (Å²) in [5.41, 5.74) is 2.63. The summed E-state index contributed by atoms with van der Waals surface area (Å²) >= 11 is 6.26. The lowest BCUT2D eigenvalue weighted by molar-refractivity contribution is -0.116. The molecule has 1 unspecified atom stereocenters. The van der Waals surface area contributed by atoms with E-state index in [4.69, 9.17) is 11.6 Å². The second-order valence-corrected chi connectivity index (χ2v) is 6.79. The van der Waals surface area contributed by atoms with Crippen molar-refractivity contribution in [2.24, 2.45) is 5.92 Å². The van der Waals surface area contributed by atoms with Gasteiger partial charge in [0.05, 0.1) is 16.6 Å². The maximum Gasteiger partial charge on any atom is 0.173 e. The fraction of sp³-hybridized carbons (Fsp3) is 0.0833. The third-order valence-electron chi connectivity index (χ3n) is 4.39. The van der Waals surface area contributed by atoms with E-state index < -0.39 is 5.92 Å². The van der Waals surface area contributed by atoms with Crippen LogP contribution in [-0.4, -0.2) is 11.6 Å². The van der Waals surface area contributed by atoms with E-state index in [9.17, 15) is 9.59 Å². The van der Waals surface area contributed by atoms with Crippen LogP contribution in [0.1, 0.15) is 22.8 Å². The average molecular weight is 390 g/mol. The molecule has 0 fully saturated rings. The maximum absolute atomic E-state index is 12.8. The molecule has 3 nitrogen and oxygen atoms in total. The number of para-hydroxylation sites is 1. The highest BCUT2D eigenvalue weighted by Crippen LogP contribution is 2.26. The standard InChI is InChI=1S/C24H20ClNO2/c1-17(24(28)19-12-6-3-7-13-19)23(27)16-22(18-10-4-2-5-11-18)26-21-15-9-8-14-20(21)25/h2-17,26H,1H3. The molecule has 1 atom stereocenters. The molecule has 0 aromatic heterocycles. The van der Waals surface area contributed by atoms with Crippen molar-refractivity contribution in [3.05, 3.63) is 107 Å². The van der Waals surface area contributed by atoms with Crippen LogP contribution in [0.3, 0.4) is 0 Å². The van der Waals surface area contributed by atoms with Crippen LogP contribution in [0.4, 0.5) is 5.69 Å². The summed E-state index contributed by atoms with van der Waals surface area (Å²) in [4.78, 5) is 25.5. The molecule has 0 aliphatic carbocycles. The van der Waals surface area contributed by atoms with Gasteiger partial charge in [0.2, 0.25) is 0 Å². The van der Waals surface area contributed by atoms with Crippen molar-refractivity contribution in [2.75, 3.05) is 5.32 Å². The summed E-state index contributed by atoms with van der Waals surface area (Å²) in [5, 5.41) is 3.77. The van der Waals surface area contributed by atoms with Crippen LogP contribution in [0.5, 0.6) is 0 Å². The number of hydrogen-bond acceptors (Lipinski definition) is 3. The molecular weight excluding hydrogens is 370 g/mol. The first-order valence-corrected chi connectivity index (χ1v) is 9.36. The number of Topliss-reactive ketones (excluding diaryl/α,β-unsaturated/α-hetero) is 1. The largest absolute Gasteiger partial charge is 0.354 e. The Morgan fingerprint density at radius 1 is 0.821 bits per heavy atom. The Morgan fingerprint density at radius 3 is 1.96 bits per heavy atom. The lowest BCUT2D eigenvalue weighted by atomic mass is 9.94. The highest BCUT2D eigenvalue weighted by molar-refractivity contribution is 6.33. The summed E-state index contributed by atoms with van der Waals surface area (Å²) in [7, 11) is 0. The molecule has 1 N–H and O–H groups in total. The summed E-state index contributed by atoms with van der Waals surface area (Å²) < 4.78 is 0. The third-order valence-corrected chi connectivity index (χ3v) is 4.72. The maximum atomic E-state index is 12.8. The van der Waals surface area contributed by atoms with Crippen molar-refractivity contribution in [3.8, 4) is 0 Å². The number of ketones is 2. The van der Waals surface area contributed by atoms with E-state index in [1.54, 1.807) is 37.3 Å². The number of nitrogens with one attached hydrogen (secondary N) is 1. The van der Waals surface area contributed by atoms with Crippen molar-refractivity contribution >= 4 is 34.6 Å². The SMILES string of the molecule is CC(C(=O)C=C(Nc1ccccc1Cl)c1ccccc1)C(=O)c1ccccc1. The van der Waals surface area contributed by atoms with Gasteiger partial charge in [0.15, 0.2) is 11.6 Å². The van der Waals surface area contributed by atoms with E-state index in [-0.39, 0.29) is 11.6 Å². The number of benzene rings is 3. The van der Waals surface area contributed by atoms with Crippen LogP contribution in [0, 0.1) is 5.92 Å². The minimum absolute atomic E-state index is 0.202. The van der Waals surface area contributed by atoms with E-state index in [0.29, 0.717) is 22.0 Å². The first-order chi connectivity index (χ1) is 13.6. The molecule has 0 saturated heterocycles. The van der Waals surface area contributed by atoms with Gasteiger partial charge in [-0.1, -0.05) is 84.4 Å². The molecule has 28 heavy (non-hydrogen) atoms. The zero-order chi connectivity index (χ0) is 19.9. The van der Waals surface area contributed by atoms with Crippen LogP contribution < -0.4 is 5.32 Å². The van der Waals surface area contributed by atoms with Gasteiger partial charge in [-0.15, -0.1) is 0 Å². The molecule has 3 aromatic rings. The molecule has 3 rings (SSSR count). The molecule has 0 aliphatic heterocycles. The third kappa shape index (κ3) is 4.76. The van der Waals surface area contributed by atoms with Crippen LogP contribution in [-0.2, 0) is 4.79 Å². The first kappa shape index (κ1) is 19.6. The lowest BCUT2D eigenvalue weighted by Crippen LogP contribution is -2.20. The Morgan fingerprint density at radius 2 is 1.36 bits per heavy atom. The number of hydrogen-bond donors (Lipinski definition) is 1. The number of carbonyl (C=O) groups excluding carboxylic acids is 2. The smallest absolute Gasteiger partial charge is 0.173 e. The predicted molar refractivity (Wildman–Crippen MR) is 114 cm³/mol. The van der Waals surface area contributed by atoms with Gasteiger partial charge in [-0.3, -0.25) is 9.59 Å². The summed E-state index contributed by atoms with van der Waals surface area (Å²) in [6.07, 6.45) is 1.48. The van der Waals surface area contributed by atoms with Crippen molar-refractivity contribution in [2.45, 2.75) is 6.92 Å². The molecule has 0 heterocycles. The number of halogens is 1. The van der Waals surface area contributed by atoms with E-state index in [2.05, 4.69) is 5.32 Å². The Labute approximate surface area is 169 Å². The predicted octanol–water partition coefficient (Wildman–Crippen LogP) is 5.88. The van der Waals surface area contributed by atoms with E-state index in [0.717, 1.165) is 5.56 Å². The van der Waals surface area contributed by atoms with Crippen molar-refractivity contribution < 1.29 is 9.59 Å². The van der Waals surface area contributed by atoms with Gasteiger partial charge < -0.3 is 5.32 Å². The van der Waals surface area contributed by atoms with Gasteiger partial charge in [-0.25, -0.2) is 0 Å². The minimum atomic E-state index is -0.783. The highest BCUT2D eigenvalue weighted by Gasteiger charge is 2.22. The fourth-order valence-corrected chi connectivity index (χ4v) is 2.95. The second kappa shape index (κ2) is 9.16. The van der Waals surface area contributed by atoms with E-state index in [1.807, 2.05) is 54.6 Å². The van der Waals surface area contributed by atoms with Crippen molar-refractivity contribution in [1.82, 2.24) is 0 Å². The topological polar surface area (TPSA) is 46.2 Å². The van der Waals surface area contributed by atoms with Gasteiger partial charge in [-0.05, 0) is 24.6 Å². The Balaban J connectivity index is 1.91. The number of carbonyl (C=O) groups is 2. The number of rotatable bonds is 7. The number of allylic oxidation sites excluding steroid dienone is 1. The van der Waals surface area contributed by atoms with Crippen molar-refractivity contribution in [1.29, 1.82) is 0 Å². The highest BCUT2D eigenvalue weighted by atomic mass is 35.5. The second-order valence-electron chi connectivity index (χ2n) is 6.38. The lowest BCUT2D eigenvalue weighted by Gasteiger charge is -2.14. The summed E-state index contributed by atoms with van der Waals surface area (Å²) in [6.45, 7) is 1.63. The summed E-state index contributed by atoms with van der Waals surface area (Å²) in [6, 6.07) is 25.6. The van der Waals surface area contributed by atoms with E-state index >= 15 is 0 Å². The van der Waals surface area contributed by atoms with Crippen LogP contribution in [0.25, 0.3) is 5.70 Å². The Bertz CT molecular complexity index is 997. The van der Waals surface area contributed by atoms with Crippen LogP contribution in [0.15, 0.2) is 91.0 Å². The summed E-state index contributed by atoms with van der Waals surface area (Å²) in [5.74, 6) is -1.26. The van der Waals surface area contributed by atoms with Gasteiger partial charge >= 0.3 is 0 Å². The van der Waals surface area contributed by atoms with Gasteiger partial charge in [-0.2, -0.15) is 0 Å². The van der Waals surface area contributed by atoms with Crippen LogP contribution >= 0.6 is 11.6 Å². The molecule has 0 saturated carbocycles. The number of anilines is 1. The molecule has 4 heteroatoms. The quantitative estimate of drug-likeness (QED) is 0.311. The average Bonchev–Trinajstić information content (AvgIpc) is 2.75. The fourth-order valence-electron chi connectivity index (χ4n) is 2.77. The molecular formula is C24H20ClNO2.